The van der Waals surface area contributed by atoms with E-state index in [0.29, 0.717) is 0 Å². The molecule has 2 aliphatic carbocycles. The molecule has 27 heavy (non-hydrogen) atoms. The molecule has 1 aromatic rings. The van der Waals surface area contributed by atoms with Crippen LogP contribution < -0.4 is 0 Å². The number of ether oxygens (including phenoxy) is 1. The average Bonchev–Trinajstić information content (AvgIpc) is 2.98. The molecule has 1 aromatic carbocycles. The lowest BCUT2D eigenvalue weighted by atomic mass is 9.81. The van der Waals surface area contributed by atoms with Crippen molar-refractivity contribution in [3.8, 4) is 0 Å². The minimum absolute atomic E-state index is 0.126. The molecular weight excluding hydrogens is 362 g/mol. The summed E-state index contributed by atoms with van der Waals surface area (Å²) in [6.07, 6.45) is 0.778. The van der Waals surface area contributed by atoms with Crippen molar-refractivity contribution in [3.63, 3.8) is 0 Å². The SMILES string of the molecule is CCCCOC(=O)N(Cc1ccccc1)C1CCC2(CC1)C(F)(F)C2(F)F. The Morgan fingerprint density at radius 2 is 1.70 bits per heavy atom. The Kier molecular flexibility index (Phi) is 5.41. The van der Waals surface area contributed by atoms with E-state index in [9.17, 15) is 22.4 Å². The fourth-order valence-corrected chi connectivity index (χ4v) is 4.07. The highest BCUT2D eigenvalue weighted by Gasteiger charge is 2.95. The van der Waals surface area contributed by atoms with Gasteiger partial charge in [0, 0.05) is 12.6 Å². The van der Waals surface area contributed by atoms with E-state index in [1.165, 1.54) is 4.90 Å². The van der Waals surface area contributed by atoms with Gasteiger partial charge in [-0.25, -0.2) is 4.79 Å². The summed E-state index contributed by atoms with van der Waals surface area (Å²) in [6.45, 7) is 2.54. The summed E-state index contributed by atoms with van der Waals surface area (Å²) < 4.78 is 59.8. The normalized spacial score (nSPS) is 22.4. The zero-order valence-electron chi connectivity index (χ0n) is 15.4. The minimum Gasteiger partial charge on any atom is -0.449 e. The second-order valence-electron chi connectivity index (χ2n) is 7.54. The first-order valence-corrected chi connectivity index (χ1v) is 9.50. The second kappa shape index (κ2) is 7.32. The van der Waals surface area contributed by atoms with Gasteiger partial charge in [-0.2, -0.15) is 17.6 Å². The molecule has 0 radical (unpaired) electrons. The van der Waals surface area contributed by atoms with Crippen molar-refractivity contribution in [1.29, 1.82) is 0 Å². The zero-order chi connectivity index (χ0) is 19.7. The fraction of sp³-hybridized carbons (Fsp3) is 0.650. The number of rotatable bonds is 6. The molecule has 3 nitrogen and oxygen atoms in total. The molecule has 3 rings (SSSR count). The predicted molar refractivity (Wildman–Crippen MR) is 92.8 cm³/mol. The van der Waals surface area contributed by atoms with Gasteiger partial charge in [-0.1, -0.05) is 43.7 Å². The molecule has 0 unspecified atom stereocenters. The molecule has 1 spiro atoms. The number of carbonyl (C=O) groups excluding carboxylic acids is 1. The van der Waals surface area contributed by atoms with E-state index >= 15 is 0 Å². The summed E-state index contributed by atoms with van der Waals surface area (Å²) >= 11 is 0. The number of hydrogen-bond acceptors (Lipinski definition) is 2. The number of unbranched alkanes of at least 4 members (excludes halogenated alkanes) is 1. The molecule has 2 fully saturated rings. The summed E-state index contributed by atoms with van der Waals surface area (Å²) in [7, 11) is 0. The van der Waals surface area contributed by atoms with E-state index in [1.54, 1.807) is 0 Å². The average molecular weight is 387 g/mol. The van der Waals surface area contributed by atoms with Crippen LogP contribution in [0.3, 0.4) is 0 Å². The monoisotopic (exact) mass is 387 g/mol. The number of carbonyl (C=O) groups is 1. The number of amides is 1. The number of benzene rings is 1. The summed E-state index contributed by atoms with van der Waals surface area (Å²) in [5.41, 5.74) is -1.34. The minimum atomic E-state index is -3.93. The maximum absolute atomic E-state index is 13.6. The van der Waals surface area contributed by atoms with Crippen LogP contribution in [0, 0.1) is 5.41 Å². The lowest BCUT2D eigenvalue weighted by Gasteiger charge is -2.36. The van der Waals surface area contributed by atoms with Gasteiger partial charge in [0.1, 0.15) is 5.41 Å². The van der Waals surface area contributed by atoms with Crippen LogP contribution in [0.25, 0.3) is 0 Å². The van der Waals surface area contributed by atoms with Crippen LogP contribution in [0.5, 0.6) is 0 Å². The predicted octanol–water partition coefficient (Wildman–Crippen LogP) is 5.64. The fourth-order valence-electron chi connectivity index (χ4n) is 4.07. The van der Waals surface area contributed by atoms with E-state index in [0.717, 1.165) is 18.4 Å². The summed E-state index contributed by atoms with van der Waals surface area (Å²) in [5, 5.41) is 0. The Bertz CT molecular complexity index is 641. The molecular formula is C20H25F4NO2. The zero-order valence-corrected chi connectivity index (χ0v) is 15.4. The lowest BCUT2D eigenvalue weighted by molar-refractivity contribution is -0.0278. The maximum Gasteiger partial charge on any atom is 0.410 e. The third-order valence-electron chi connectivity index (χ3n) is 5.94. The Morgan fingerprint density at radius 3 is 2.22 bits per heavy atom. The third kappa shape index (κ3) is 3.29. The van der Waals surface area contributed by atoms with E-state index in [2.05, 4.69) is 0 Å². The van der Waals surface area contributed by atoms with E-state index in [4.69, 9.17) is 4.74 Å². The van der Waals surface area contributed by atoms with Crippen molar-refractivity contribution in [3.05, 3.63) is 35.9 Å². The van der Waals surface area contributed by atoms with Gasteiger partial charge < -0.3 is 9.64 Å². The van der Waals surface area contributed by atoms with Crippen molar-refractivity contribution in [1.82, 2.24) is 4.90 Å². The van der Waals surface area contributed by atoms with Gasteiger partial charge in [-0.05, 0) is 37.7 Å². The first-order chi connectivity index (χ1) is 12.8. The number of halogens is 4. The molecule has 0 heterocycles. The summed E-state index contributed by atoms with van der Waals surface area (Å²) in [6, 6.07) is 8.89. The Hall–Kier alpha value is -1.79. The van der Waals surface area contributed by atoms with Crippen molar-refractivity contribution in [2.45, 2.75) is 69.9 Å². The van der Waals surface area contributed by atoms with Crippen molar-refractivity contribution < 1.29 is 27.1 Å². The molecule has 2 aliphatic rings. The lowest BCUT2D eigenvalue weighted by Crippen LogP contribution is -2.43. The molecule has 150 valence electrons. The van der Waals surface area contributed by atoms with Gasteiger partial charge in [-0.3, -0.25) is 0 Å². The topological polar surface area (TPSA) is 29.5 Å². The van der Waals surface area contributed by atoms with Crippen molar-refractivity contribution in [2.24, 2.45) is 5.41 Å². The van der Waals surface area contributed by atoms with Crippen LogP contribution in [-0.2, 0) is 11.3 Å². The second-order valence-corrected chi connectivity index (χ2v) is 7.54. The number of nitrogens with zero attached hydrogens (tertiary/aromatic N) is 1. The van der Waals surface area contributed by atoms with Crippen molar-refractivity contribution >= 4 is 6.09 Å². The van der Waals surface area contributed by atoms with E-state index < -0.39 is 23.4 Å². The van der Waals surface area contributed by atoms with Crippen molar-refractivity contribution in [2.75, 3.05) is 6.61 Å². The molecule has 0 bridgehead atoms. The quantitative estimate of drug-likeness (QED) is 0.467. The van der Waals surface area contributed by atoms with Gasteiger partial charge in [-0.15, -0.1) is 0 Å². The molecule has 2 saturated carbocycles. The van der Waals surface area contributed by atoms with Crippen LogP contribution >= 0.6 is 0 Å². The molecule has 0 atom stereocenters. The molecule has 0 N–H and O–H groups in total. The standard InChI is InChI=1S/C20H25F4NO2/c1-2-3-13-27-17(26)25(14-15-7-5-4-6-8-15)16-9-11-18(12-10-16)19(21,22)20(18,23)24/h4-8,16H,2-3,9-14H2,1H3. The molecule has 0 aliphatic heterocycles. The highest BCUT2D eigenvalue weighted by molar-refractivity contribution is 5.68. The van der Waals surface area contributed by atoms with Crippen LogP contribution in [0.15, 0.2) is 30.3 Å². The summed E-state index contributed by atoms with van der Waals surface area (Å²) in [5.74, 6) is -7.87. The molecule has 0 saturated heterocycles. The van der Waals surface area contributed by atoms with Crippen LogP contribution in [-0.4, -0.2) is 35.5 Å². The molecule has 1 amide bonds. The van der Waals surface area contributed by atoms with E-state index in [1.807, 2.05) is 37.3 Å². The first-order valence-electron chi connectivity index (χ1n) is 9.50. The largest absolute Gasteiger partial charge is 0.449 e. The van der Waals surface area contributed by atoms with Crippen LogP contribution in [0.4, 0.5) is 22.4 Å². The Balaban J connectivity index is 1.69. The first kappa shape index (κ1) is 20.0. The van der Waals surface area contributed by atoms with Crippen LogP contribution in [0.2, 0.25) is 0 Å². The van der Waals surface area contributed by atoms with Crippen LogP contribution in [0.1, 0.15) is 51.0 Å². The number of alkyl halides is 4. The smallest absolute Gasteiger partial charge is 0.410 e. The maximum atomic E-state index is 13.6. The van der Waals surface area contributed by atoms with Gasteiger partial charge >= 0.3 is 17.9 Å². The highest BCUT2D eigenvalue weighted by Crippen LogP contribution is 2.77. The summed E-state index contributed by atoms with van der Waals surface area (Å²) in [4.78, 5) is 14.1. The third-order valence-corrected chi connectivity index (χ3v) is 5.94. The Labute approximate surface area is 156 Å². The van der Waals surface area contributed by atoms with Gasteiger partial charge in [0.2, 0.25) is 0 Å². The van der Waals surface area contributed by atoms with Gasteiger partial charge in [0.15, 0.2) is 0 Å². The number of hydrogen-bond donors (Lipinski definition) is 0. The highest BCUT2D eigenvalue weighted by atomic mass is 19.3. The molecule has 7 heteroatoms. The Morgan fingerprint density at radius 1 is 1.11 bits per heavy atom. The van der Waals surface area contributed by atoms with E-state index in [-0.39, 0.29) is 44.9 Å². The van der Waals surface area contributed by atoms with Gasteiger partial charge in [0.25, 0.3) is 0 Å². The van der Waals surface area contributed by atoms with Gasteiger partial charge in [0.05, 0.1) is 6.61 Å². The molecule has 0 aromatic heterocycles.